The fraction of sp³-hybridized carbons (Fsp3) is 0.500. The number of benzene rings is 1. The van der Waals surface area contributed by atoms with Crippen LogP contribution in [0.15, 0.2) is 28.7 Å². The van der Waals surface area contributed by atoms with Crippen LogP contribution in [0.4, 0.5) is 0 Å². The Bertz CT molecular complexity index is 320. The SMILES string of the molecule is CC(C)(C)OC(CI)c1cccc(Br)c1. The van der Waals surface area contributed by atoms with Crippen molar-refractivity contribution < 1.29 is 4.74 Å². The van der Waals surface area contributed by atoms with Crippen molar-refractivity contribution in [1.29, 1.82) is 0 Å². The van der Waals surface area contributed by atoms with E-state index in [0.29, 0.717) is 0 Å². The summed E-state index contributed by atoms with van der Waals surface area (Å²) in [5.41, 5.74) is 1.13. The van der Waals surface area contributed by atoms with Gasteiger partial charge in [0.25, 0.3) is 0 Å². The molecule has 0 bridgehead atoms. The quantitative estimate of drug-likeness (QED) is 0.541. The van der Waals surface area contributed by atoms with E-state index < -0.39 is 0 Å². The van der Waals surface area contributed by atoms with E-state index in [1.807, 2.05) is 12.1 Å². The second-order valence-electron chi connectivity index (χ2n) is 4.43. The average Bonchev–Trinajstić information content (AvgIpc) is 2.13. The highest BCUT2D eigenvalue weighted by Crippen LogP contribution is 2.27. The fourth-order valence-electron chi connectivity index (χ4n) is 1.32. The lowest BCUT2D eigenvalue weighted by atomic mass is 10.1. The predicted molar refractivity (Wildman–Crippen MR) is 76.6 cm³/mol. The van der Waals surface area contributed by atoms with Gasteiger partial charge in [0, 0.05) is 8.90 Å². The third-order valence-electron chi connectivity index (χ3n) is 1.86. The molecule has 0 aliphatic heterocycles. The minimum Gasteiger partial charge on any atom is -0.367 e. The lowest BCUT2D eigenvalue weighted by Crippen LogP contribution is -2.23. The largest absolute Gasteiger partial charge is 0.367 e. The third-order valence-corrected chi connectivity index (χ3v) is 3.15. The summed E-state index contributed by atoms with van der Waals surface area (Å²) in [4.78, 5) is 0. The van der Waals surface area contributed by atoms with Crippen LogP contribution in [0.5, 0.6) is 0 Å². The molecule has 1 rings (SSSR count). The third kappa shape index (κ3) is 4.83. The Balaban J connectivity index is 2.83. The summed E-state index contributed by atoms with van der Waals surface area (Å²) in [5, 5.41) is 0. The highest BCUT2D eigenvalue weighted by Gasteiger charge is 2.19. The fourth-order valence-corrected chi connectivity index (χ4v) is 2.43. The first-order valence-electron chi connectivity index (χ1n) is 4.91. The molecule has 0 fully saturated rings. The molecule has 0 radical (unpaired) electrons. The van der Waals surface area contributed by atoms with Crippen LogP contribution in [0, 0.1) is 0 Å². The average molecular weight is 383 g/mol. The molecule has 84 valence electrons. The Morgan fingerprint density at radius 2 is 2.07 bits per heavy atom. The minimum atomic E-state index is -0.0991. The maximum absolute atomic E-state index is 6.00. The topological polar surface area (TPSA) is 9.23 Å². The summed E-state index contributed by atoms with van der Waals surface area (Å²) in [5.74, 6) is 0. The molecular weight excluding hydrogens is 367 g/mol. The van der Waals surface area contributed by atoms with Gasteiger partial charge < -0.3 is 4.74 Å². The Morgan fingerprint density at radius 1 is 1.40 bits per heavy atom. The number of alkyl halides is 1. The summed E-state index contributed by atoms with van der Waals surface area (Å²) in [7, 11) is 0. The molecule has 0 aromatic heterocycles. The van der Waals surface area contributed by atoms with Crippen LogP contribution >= 0.6 is 38.5 Å². The van der Waals surface area contributed by atoms with Crippen LogP contribution in [0.1, 0.15) is 32.4 Å². The molecule has 1 aromatic carbocycles. The van der Waals surface area contributed by atoms with Gasteiger partial charge in [0.05, 0.1) is 11.7 Å². The lowest BCUT2D eigenvalue weighted by molar-refractivity contribution is -0.0494. The molecule has 0 aliphatic rings. The van der Waals surface area contributed by atoms with E-state index in [4.69, 9.17) is 4.74 Å². The first kappa shape index (κ1) is 13.5. The number of hydrogen-bond acceptors (Lipinski definition) is 1. The Hall–Kier alpha value is 0.390. The molecular formula is C12H16BrIO. The summed E-state index contributed by atoms with van der Waals surface area (Å²) in [6.45, 7) is 6.26. The number of hydrogen-bond donors (Lipinski definition) is 0. The summed E-state index contributed by atoms with van der Waals surface area (Å²) in [6.07, 6.45) is 0.170. The zero-order valence-electron chi connectivity index (χ0n) is 9.26. The maximum Gasteiger partial charge on any atom is 0.0921 e. The molecule has 1 aromatic rings. The van der Waals surface area contributed by atoms with E-state index in [2.05, 4.69) is 71.4 Å². The van der Waals surface area contributed by atoms with Gasteiger partial charge in [-0.1, -0.05) is 50.7 Å². The summed E-state index contributed by atoms with van der Waals surface area (Å²) in [6, 6.07) is 8.31. The normalized spacial score (nSPS) is 13.9. The lowest BCUT2D eigenvalue weighted by Gasteiger charge is -2.26. The van der Waals surface area contributed by atoms with Crippen LogP contribution in [0.25, 0.3) is 0 Å². The van der Waals surface area contributed by atoms with Crippen molar-refractivity contribution in [2.75, 3.05) is 4.43 Å². The molecule has 1 unspecified atom stereocenters. The van der Waals surface area contributed by atoms with Gasteiger partial charge in [0.2, 0.25) is 0 Å². The van der Waals surface area contributed by atoms with Crippen LogP contribution in [0.3, 0.4) is 0 Å². The van der Waals surface area contributed by atoms with Gasteiger partial charge in [-0.05, 0) is 38.5 Å². The van der Waals surface area contributed by atoms with Crippen LogP contribution in [0.2, 0.25) is 0 Å². The Kier molecular flexibility index (Phi) is 5.06. The van der Waals surface area contributed by atoms with E-state index in [-0.39, 0.29) is 11.7 Å². The van der Waals surface area contributed by atoms with E-state index in [9.17, 15) is 0 Å². The minimum absolute atomic E-state index is 0.0991. The van der Waals surface area contributed by atoms with Gasteiger partial charge in [-0.15, -0.1) is 0 Å². The molecule has 0 heterocycles. The number of ether oxygens (including phenoxy) is 1. The molecule has 0 saturated carbocycles. The van der Waals surface area contributed by atoms with Crippen molar-refractivity contribution in [2.24, 2.45) is 0 Å². The first-order chi connectivity index (χ1) is 6.92. The van der Waals surface area contributed by atoms with Gasteiger partial charge >= 0.3 is 0 Å². The molecule has 0 N–H and O–H groups in total. The summed E-state index contributed by atoms with van der Waals surface area (Å²) >= 11 is 5.85. The second-order valence-corrected chi connectivity index (χ2v) is 6.22. The predicted octanol–water partition coefficient (Wildman–Crippen LogP) is 4.74. The Labute approximate surface area is 114 Å². The number of halogens is 2. The molecule has 0 amide bonds. The molecule has 1 nitrogen and oxygen atoms in total. The van der Waals surface area contributed by atoms with E-state index in [1.54, 1.807) is 0 Å². The molecule has 3 heteroatoms. The highest BCUT2D eigenvalue weighted by atomic mass is 127. The smallest absolute Gasteiger partial charge is 0.0921 e. The maximum atomic E-state index is 6.00. The molecule has 15 heavy (non-hydrogen) atoms. The van der Waals surface area contributed by atoms with Crippen molar-refractivity contribution in [3.05, 3.63) is 34.3 Å². The zero-order valence-corrected chi connectivity index (χ0v) is 13.0. The molecule has 0 spiro atoms. The first-order valence-corrected chi connectivity index (χ1v) is 7.23. The van der Waals surface area contributed by atoms with Gasteiger partial charge in [0.15, 0.2) is 0 Å². The zero-order chi connectivity index (χ0) is 11.5. The van der Waals surface area contributed by atoms with Crippen molar-refractivity contribution in [1.82, 2.24) is 0 Å². The van der Waals surface area contributed by atoms with Crippen molar-refractivity contribution in [2.45, 2.75) is 32.5 Å². The second kappa shape index (κ2) is 5.64. The highest BCUT2D eigenvalue weighted by molar-refractivity contribution is 14.1. The summed E-state index contributed by atoms with van der Waals surface area (Å²) < 4.78 is 8.07. The standard InChI is InChI=1S/C12H16BrIO/c1-12(2,3)15-11(8-14)9-5-4-6-10(13)7-9/h4-7,11H,8H2,1-3H3. The van der Waals surface area contributed by atoms with Crippen LogP contribution in [-0.4, -0.2) is 10.0 Å². The van der Waals surface area contributed by atoms with Gasteiger partial charge in [-0.25, -0.2) is 0 Å². The molecule has 0 saturated heterocycles. The van der Waals surface area contributed by atoms with Gasteiger partial charge in [-0.2, -0.15) is 0 Å². The van der Waals surface area contributed by atoms with E-state index in [0.717, 1.165) is 8.90 Å². The van der Waals surface area contributed by atoms with Crippen LogP contribution in [-0.2, 0) is 4.74 Å². The van der Waals surface area contributed by atoms with Crippen molar-refractivity contribution in [3.63, 3.8) is 0 Å². The monoisotopic (exact) mass is 382 g/mol. The number of rotatable bonds is 3. The van der Waals surface area contributed by atoms with Crippen LogP contribution < -0.4 is 0 Å². The Morgan fingerprint density at radius 3 is 2.53 bits per heavy atom. The van der Waals surface area contributed by atoms with Crippen molar-refractivity contribution in [3.8, 4) is 0 Å². The van der Waals surface area contributed by atoms with Gasteiger partial charge in [-0.3, -0.25) is 0 Å². The molecule has 1 atom stereocenters. The van der Waals surface area contributed by atoms with E-state index in [1.165, 1.54) is 5.56 Å². The van der Waals surface area contributed by atoms with E-state index >= 15 is 0 Å². The van der Waals surface area contributed by atoms with Crippen molar-refractivity contribution >= 4 is 38.5 Å². The molecule has 0 aliphatic carbocycles. The van der Waals surface area contributed by atoms with Gasteiger partial charge in [0.1, 0.15) is 0 Å².